The molecule has 4 rings (SSSR count). The number of rotatable bonds is 8. The standard InChI is InChI=1S/C26H26N2O3/c1-18-14-23(18)26(30)28-22-12-7-11-20(15-22)25(29)27-16-21-10-5-6-13-24(21)31-17-19-8-3-2-4-9-19/h2-13,15,18,23H,14,16-17H2,1H3,(H,27,29)(H,28,30). The molecular formula is C26H26N2O3. The Kier molecular flexibility index (Phi) is 6.32. The van der Waals surface area contributed by atoms with Crippen molar-refractivity contribution in [2.75, 3.05) is 5.32 Å². The lowest BCUT2D eigenvalue weighted by Gasteiger charge is -2.13. The van der Waals surface area contributed by atoms with Crippen molar-refractivity contribution in [3.05, 3.63) is 95.6 Å². The number of hydrogen-bond donors (Lipinski definition) is 2. The number of para-hydroxylation sites is 1. The van der Waals surface area contributed by atoms with Crippen LogP contribution in [0.5, 0.6) is 5.75 Å². The van der Waals surface area contributed by atoms with E-state index < -0.39 is 0 Å². The van der Waals surface area contributed by atoms with Gasteiger partial charge in [0.1, 0.15) is 12.4 Å². The molecule has 158 valence electrons. The first-order valence-corrected chi connectivity index (χ1v) is 10.5. The largest absolute Gasteiger partial charge is 0.489 e. The minimum atomic E-state index is -0.200. The van der Waals surface area contributed by atoms with Crippen molar-refractivity contribution in [1.29, 1.82) is 0 Å². The van der Waals surface area contributed by atoms with Gasteiger partial charge in [0.2, 0.25) is 5.91 Å². The molecule has 1 saturated carbocycles. The fourth-order valence-corrected chi connectivity index (χ4v) is 3.46. The molecule has 1 fully saturated rings. The highest BCUT2D eigenvalue weighted by molar-refractivity contribution is 5.98. The summed E-state index contributed by atoms with van der Waals surface area (Å²) < 4.78 is 5.96. The lowest BCUT2D eigenvalue weighted by Crippen LogP contribution is -2.23. The lowest BCUT2D eigenvalue weighted by molar-refractivity contribution is -0.117. The number of hydrogen-bond acceptors (Lipinski definition) is 3. The highest BCUT2D eigenvalue weighted by atomic mass is 16.5. The average molecular weight is 415 g/mol. The number of nitrogens with one attached hydrogen (secondary N) is 2. The minimum absolute atomic E-state index is 0.0227. The molecule has 3 aromatic rings. The highest BCUT2D eigenvalue weighted by Crippen LogP contribution is 2.38. The molecule has 5 nitrogen and oxygen atoms in total. The van der Waals surface area contributed by atoms with Crippen LogP contribution in [0.15, 0.2) is 78.9 Å². The molecule has 0 spiro atoms. The van der Waals surface area contributed by atoms with Crippen LogP contribution in [0.2, 0.25) is 0 Å². The Morgan fingerprint density at radius 3 is 2.48 bits per heavy atom. The maximum absolute atomic E-state index is 12.7. The summed E-state index contributed by atoms with van der Waals surface area (Å²) in [6, 6.07) is 24.7. The normalized spacial score (nSPS) is 16.9. The summed E-state index contributed by atoms with van der Waals surface area (Å²) in [4.78, 5) is 24.8. The van der Waals surface area contributed by atoms with Gasteiger partial charge in [0, 0.05) is 29.3 Å². The number of carbonyl (C=O) groups excluding carboxylic acids is 2. The molecule has 2 unspecified atom stereocenters. The average Bonchev–Trinajstić information content (AvgIpc) is 3.54. The molecule has 3 aromatic carbocycles. The number of carbonyl (C=O) groups is 2. The lowest BCUT2D eigenvalue weighted by atomic mass is 10.1. The SMILES string of the molecule is CC1CC1C(=O)Nc1cccc(C(=O)NCc2ccccc2OCc2ccccc2)c1. The molecule has 0 aromatic heterocycles. The highest BCUT2D eigenvalue weighted by Gasteiger charge is 2.39. The first kappa shape index (κ1) is 20.7. The van der Waals surface area contributed by atoms with Crippen LogP contribution in [0.3, 0.4) is 0 Å². The summed E-state index contributed by atoms with van der Waals surface area (Å²) in [7, 11) is 0. The van der Waals surface area contributed by atoms with Crippen molar-refractivity contribution < 1.29 is 14.3 Å². The van der Waals surface area contributed by atoms with Gasteiger partial charge in [0.25, 0.3) is 5.91 Å². The predicted molar refractivity (Wildman–Crippen MR) is 121 cm³/mol. The summed E-state index contributed by atoms with van der Waals surface area (Å²) in [5.74, 6) is 1.09. The fourth-order valence-electron chi connectivity index (χ4n) is 3.46. The van der Waals surface area contributed by atoms with Gasteiger partial charge in [-0.2, -0.15) is 0 Å². The van der Waals surface area contributed by atoms with Crippen LogP contribution in [0.4, 0.5) is 5.69 Å². The quantitative estimate of drug-likeness (QED) is 0.557. The number of benzene rings is 3. The minimum Gasteiger partial charge on any atom is -0.489 e. The summed E-state index contributed by atoms with van der Waals surface area (Å²) in [5, 5.41) is 5.85. The third-order valence-corrected chi connectivity index (χ3v) is 5.49. The first-order valence-electron chi connectivity index (χ1n) is 10.5. The number of ether oxygens (including phenoxy) is 1. The van der Waals surface area contributed by atoms with Crippen molar-refractivity contribution in [2.24, 2.45) is 11.8 Å². The van der Waals surface area contributed by atoms with Gasteiger partial charge in [-0.25, -0.2) is 0 Å². The van der Waals surface area contributed by atoms with Crippen LogP contribution in [-0.2, 0) is 17.9 Å². The molecule has 31 heavy (non-hydrogen) atoms. The van der Waals surface area contributed by atoms with E-state index in [4.69, 9.17) is 4.74 Å². The molecule has 0 bridgehead atoms. The van der Waals surface area contributed by atoms with Gasteiger partial charge in [-0.15, -0.1) is 0 Å². The van der Waals surface area contributed by atoms with Crippen LogP contribution in [0, 0.1) is 11.8 Å². The van der Waals surface area contributed by atoms with E-state index in [-0.39, 0.29) is 17.7 Å². The van der Waals surface area contributed by atoms with Gasteiger partial charge in [-0.1, -0.05) is 61.5 Å². The van der Waals surface area contributed by atoms with Crippen LogP contribution in [0.25, 0.3) is 0 Å². The molecular weight excluding hydrogens is 388 g/mol. The van der Waals surface area contributed by atoms with Crippen molar-refractivity contribution in [1.82, 2.24) is 5.32 Å². The van der Waals surface area contributed by atoms with Crippen molar-refractivity contribution in [3.8, 4) is 5.75 Å². The summed E-state index contributed by atoms with van der Waals surface area (Å²) in [6.07, 6.45) is 0.928. The van der Waals surface area contributed by atoms with E-state index in [1.165, 1.54) is 0 Å². The number of anilines is 1. The molecule has 5 heteroatoms. The Bertz CT molecular complexity index is 1070. The second-order valence-corrected chi connectivity index (χ2v) is 7.95. The summed E-state index contributed by atoms with van der Waals surface area (Å²) in [5.41, 5.74) is 3.13. The Morgan fingerprint density at radius 2 is 1.71 bits per heavy atom. The van der Waals surface area contributed by atoms with E-state index in [2.05, 4.69) is 17.6 Å². The van der Waals surface area contributed by atoms with E-state index >= 15 is 0 Å². The monoisotopic (exact) mass is 414 g/mol. The van der Waals surface area contributed by atoms with E-state index in [9.17, 15) is 9.59 Å². The van der Waals surface area contributed by atoms with E-state index in [1.54, 1.807) is 24.3 Å². The first-order chi connectivity index (χ1) is 15.1. The summed E-state index contributed by atoms with van der Waals surface area (Å²) in [6.45, 7) is 2.88. The second kappa shape index (κ2) is 9.47. The zero-order valence-corrected chi connectivity index (χ0v) is 17.5. The van der Waals surface area contributed by atoms with Gasteiger partial charge < -0.3 is 15.4 Å². The Balaban J connectivity index is 1.35. The third-order valence-electron chi connectivity index (χ3n) is 5.49. The van der Waals surface area contributed by atoms with Crippen molar-refractivity contribution in [2.45, 2.75) is 26.5 Å². The Labute approximate surface area is 182 Å². The zero-order chi connectivity index (χ0) is 21.6. The van der Waals surface area contributed by atoms with Gasteiger partial charge in [-0.3, -0.25) is 9.59 Å². The second-order valence-electron chi connectivity index (χ2n) is 7.95. The summed E-state index contributed by atoms with van der Waals surface area (Å²) >= 11 is 0. The van der Waals surface area contributed by atoms with E-state index in [0.717, 1.165) is 23.3 Å². The van der Waals surface area contributed by atoms with E-state index in [1.807, 2.05) is 54.6 Å². The molecule has 0 radical (unpaired) electrons. The third kappa shape index (κ3) is 5.51. The number of amides is 2. The van der Waals surface area contributed by atoms with Crippen LogP contribution < -0.4 is 15.4 Å². The van der Waals surface area contributed by atoms with E-state index in [0.29, 0.717) is 30.3 Å². The Morgan fingerprint density at radius 1 is 0.968 bits per heavy atom. The maximum Gasteiger partial charge on any atom is 0.251 e. The molecule has 0 aliphatic heterocycles. The molecule has 1 aliphatic carbocycles. The zero-order valence-electron chi connectivity index (χ0n) is 17.5. The molecule has 0 heterocycles. The molecule has 0 saturated heterocycles. The molecule has 2 N–H and O–H groups in total. The van der Waals surface area contributed by atoms with Gasteiger partial charge in [0.05, 0.1) is 0 Å². The fraction of sp³-hybridized carbons (Fsp3) is 0.231. The van der Waals surface area contributed by atoms with Crippen LogP contribution >= 0.6 is 0 Å². The molecule has 2 atom stereocenters. The molecule has 2 amide bonds. The smallest absolute Gasteiger partial charge is 0.251 e. The van der Waals surface area contributed by atoms with Crippen molar-refractivity contribution >= 4 is 17.5 Å². The van der Waals surface area contributed by atoms with Crippen molar-refractivity contribution in [3.63, 3.8) is 0 Å². The van der Waals surface area contributed by atoms with Gasteiger partial charge >= 0.3 is 0 Å². The predicted octanol–water partition coefficient (Wildman–Crippen LogP) is 4.79. The van der Waals surface area contributed by atoms with Crippen LogP contribution in [0.1, 0.15) is 34.8 Å². The van der Waals surface area contributed by atoms with Gasteiger partial charge in [0.15, 0.2) is 0 Å². The topological polar surface area (TPSA) is 67.4 Å². The molecule has 1 aliphatic rings. The maximum atomic E-state index is 12.7. The Hall–Kier alpha value is -3.60. The van der Waals surface area contributed by atoms with Gasteiger partial charge in [-0.05, 0) is 42.2 Å². The van der Waals surface area contributed by atoms with Crippen LogP contribution in [-0.4, -0.2) is 11.8 Å².